The Labute approximate surface area is 72.9 Å². The summed E-state index contributed by atoms with van der Waals surface area (Å²) in [7, 11) is 0. The zero-order valence-electron chi connectivity index (χ0n) is 7.54. The molecular weight excluding hydrogens is 154 g/mol. The molecule has 0 radical (unpaired) electrons. The van der Waals surface area contributed by atoms with Crippen LogP contribution in [-0.4, -0.2) is 18.6 Å². The Bertz CT molecular complexity index is 197. The van der Waals surface area contributed by atoms with Crippen molar-refractivity contribution < 1.29 is 9.53 Å². The zero-order valence-corrected chi connectivity index (χ0v) is 7.54. The minimum Gasteiger partial charge on any atom is -0.465 e. The third-order valence-electron chi connectivity index (χ3n) is 1.41. The molecule has 0 bridgehead atoms. The molecule has 0 rings (SSSR count). The molecule has 3 heteroatoms. The van der Waals surface area contributed by atoms with Crippen LogP contribution in [0.25, 0.3) is 0 Å². The van der Waals surface area contributed by atoms with Crippen molar-refractivity contribution in [3.8, 4) is 0 Å². The second kappa shape index (κ2) is 5.55. The van der Waals surface area contributed by atoms with Crippen LogP contribution >= 0.6 is 0 Å². The molecule has 0 fully saturated rings. The lowest BCUT2D eigenvalue weighted by atomic mass is 10.1. The predicted molar refractivity (Wildman–Crippen MR) is 48.6 cm³/mol. The standard InChI is InChI=1S/C9H15NO2/c1-4-6-7(3)8(10)9(11)12-5-2/h4,6,8H,1,5,10H2,2-3H3/b7-6+. The Hall–Kier alpha value is -1.09. The van der Waals surface area contributed by atoms with E-state index in [0.717, 1.165) is 5.57 Å². The van der Waals surface area contributed by atoms with E-state index in [9.17, 15) is 4.79 Å². The number of rotatable bonds is 4. The molecule has 12 heavy (non-hydrogen) atoms. The normalized spacial score (nSPS) is 13.8. The fourth-order valence-electron chi connectivity index (χ4n) is 0.707. The smallest absolute Gasteiger partial charge is 0.327 e. The summed E-state index contributed by atoms with van der Waals surface area (Å²) in [6.07, 6.45) is 3.29. The van der Waals surface area contributed by atoms with Crippen molar-refractivity contribution in [1.29, 1.82) is 0 Å². The SMILES string of the molecule is C=C/C=C(\C)C(N)C(=O)OCC. The van der Waals surface area contributed by atoms with E-state index in [-0.39, 0.29) is 0 Å². The van der Waals surface area contributed by atoms with Gasteiger partial charge in [0.1, 0.15) is 6.04 Å². The van der Waals surface area contributed by atoms with Gasteiger partial charge in [0.15, 0.2) is 0 Å². The first-order valence-corrected chi connectivity index (χ1v) is 3.84. The molecule has 0 aromatic rings. The molecule has 2 N–H and O–H groups in total. The minimum atomic E-state index is -0.664. The molecule has 0 aliphatic rings. The Kier molecular flexibility index (Phi) is 5.04. The molecule has 68 valence electrons. The van der Waals surface area contributed by atoms with Crippen LogP contribution in [0.15, 0.2) is 24.3 Å². The molecule has 0 amide bonds. The van der Waals surface area contributed by atoms with E-state index in [1.165, 1.54) is 0 Å². The quantitative estimate of drug-likeness (QED) is 0.504. The molecule has 0 spiro atoms. The van der Waals surface area contributed by atoms with Crippen molar-refractivity contribution in [2.75, 3.05) is 6.61 Å². The fourth-order valence-corrected chi connectivity index (χ4v) is 0.707. The van der Waals surface area contributed by atoms with Gasteiger partial charge >= 0.3 is 5.97 Å². The summed E-state index contributed by atoms with van der Waals surface area (Å²) >= 11 is 0. The van der Waals surface area contributed by atoms with Crippen LogP contribution in [0.2, 0.25) is 0 Å². The van der Waals surface area contributed by atoms with Crippen molar-refractivity contribution in [2.24, 2.45) is 5.73 Å². The topological polar surface area (TPSA) is 52.3 Å². The largest absolute Gasteiger partial charge is 0.465 e. The van der Waals surface area contributed by atoms with E-state index in [2.05, 4.69) is 6.58 Å². The molecule has 0 saturated carbocycles. The van der Waals surface area contributed by atoms with Crippen LogP contribution in [0.4, 0.5) is 0 Å². The van der Waals surface area contributed by atoms with Gasteiger partial charge in [0.2, 0.25) is 0 Å². The summed E-state index contributed by atoms with van der Waals surface area (Å²) in [5.74, 6) is -0.395. The van der Waals surface area contributed by atoms with Gasteiger partial charge in [-0.3, -0.25) is 4.79 Å². The highest BCUT2D eigenvalue weighted by Gasteiger charge is 2.15. The minimum absolute atomic E-state index is 0.355. The van der Waals surface area contributed by atoms with Gasteiger partial charge < -0.3 is 10.5 Å². The van der Waals surface area contributed by atoms with Gasteiger partial charge in [0.05, 0.1) is 6.61 Å². The molecule has 0 saturated heterocycles. The van der Waals surface area contributed by atoms with Crippen LogP contribution in [0.5, 0.6) is 0 Å². The van der Waals surface area contributed by atoms with Gasteiger partial charge in [0, 0.05) is 0 Å². The maximum absolute atomic E-state index is 11.0. The lowest BCUT2D eigenvalue weighted by Gasteiger charge is -2.09. The van der Waals surface area contributed by atoms with Crippen LogP contribution in [0, 0.1) is 0 Å². The Balaban J connectivity index is 4.18. The molecule has 0 aliphatic heterocycles. The Morgan fingerprint density at radius 3 is 2.75 bits per heavy atom. The number of esters is 1. The van der Waals surface area contributed by atoms with Crippen molar-refractivity contribution in [3.63, 3.8) is 0 Å². The Morgan fingerprint density at radius 2 is 2.33 bits per heavy atom. The van der Waals surface area contributed by atoms with Gasteiger partial charge in [-0.05, 0) is 19.4 Å². The highest BCUT2D eigenvalue weighted by Crippen LogP contribution is 2.00. The van der Waals surface area contributed by atoms with Gasteiger partial charge in [-0.2, -0.15) is 0 Å². The number of nitrogens with two attached hydrogens (primary N) is 1. The van der Waals surface area contributed by atoms with E-state index >= 15 is 0 Å². The molecule has 0 aromatic carbocycles. The summed E-state index contributed by atoms with van der Waals surface area (Å²) in [6.45, 7) is 7.37. The highest BCUT2D eigenvalue weighted by molar-refractivity contribution is 5.79. The van der Waals surface area contributed by atoms with Crippen molar-refractivity contribution >= 4 is 5.97 Å². The number of hydrogen-bond acceptors (Lipinski definition) is 3. The Morgan fingerprint density at radius 1 is 1.75 bits per heavy atom. The van der Waals surface area contributed by atoms with Crippen molar-refractivity contribution in [3.05, 3.63) is 24.3 Å². The number of carbonyl (C=O) groups is 1. The highest BCUT2D eigenvalue weighted by atomic mass is 16.5. The van der Waals surface area contributed by atoms with Crippen LogP contribution in [-0.2, 0) is 9.53 Å². The van der Waals surface area contributed by atoms with Crippen LogP contribution in [0.3, 0.4) is 0 Å². The molecule has 0 heterocycles. The first-order chi connectivity index (χ1) is 5.63. The van der Waals surface area contributed by atoms with Crippen LogP contribution < -0.4 is 5.73 Å². The summed E-state index contributed by atoms with van der Waals surface area (Å²) in [5, 5.41) is 0. The zero-order chi connectivity index (χ0) is 9.56. The summed E-state index contributed by atoms with van der Waals surface area (Å²) in [4.78, 5) is 11.0. The first kappa shape index (κ1) is 10.9. The van der Waals surface area contributed by atoms with Gasteiger partial charge in [-0.15, -0.1) is 0 Å². The number of hydrogen-bond donors (Lipinski definition) is 1. The maximum Gasteiger partial charge on any atom is 0.327 e. The second-order valence-corrected chi connectivity index (χ2v) is 2.38. The third kappa shape index (κ3) is 3.34. The number of ether oxygens (including phenoxy) is 1. The third-order valence-corrected chi connectivity index (χ3v) is 1.41. The van der Waals surface area contributed by atoms with E-state index in [1.54, 1.807) is 26.0 Å². The van der Waals surface area contributed by atoms with Gasteiger partial charge in [0.25, 0.3) is 0 Å². The number of carbonyl (C=O) groups excluding carboxylic acids is 1. The summed E-state index contributed by atoms with van der Waals surface area (Å²) < 4.78 is 4.73. The molecule has 0 aromatic heterocycles. The van der Waals surface area contributed by atoms with Crippen molar-refractivity contribution in [2.45, 2.75) is 19.9 Å². The van der Waals surface area contributed by atoms with E-state index in [4.69, 9.17) is 10.5 Å². The maximum atomic E-state index is 11.0. The molecular formula is C9H15NO2. The van der Waals surface area contributed by atoms with E-state index in [0.29, 0.717) is 6.61 Å². The van der Waals surface area contributed by atoms with E-state index in [1.807, 2.05) is 0 Å². The predicted octanol–water partition coefficient (Wildman–Crippen LogP) is 1.01. The molecule has 0 aliphatic carbocycles. The van der Waals surface area contributed by atoms with Gasteiger partial charge in [-0.1, -0.05) is 18.7 Å². The monoisotopic (exact) mass is 169 g/mol. The number of allylic oxidation sites excluding steroid dienone is 2. The lowest BCUT2D eigenvalue weighted by molar-refractivity contribution is -0.143. The molecule has 1 unspecified atom stereocenters. The summed E-state index contributed by atoms with van der Waals surface area (Å²) in [6, 6.07) is -0.664. The molecule has 3 nitrogen and oxygen atoms in total. The lowest BCUT2D eigenvalue weighted by Crippen LogP contribution is -2.33. The van der Waals surface area contributed by atoms with Gasteiger partial charge in [-0.25, -0.2) is 0 Å². The first-order valence-electron chi connectivity index (χ1n) is 3.84. The van der Waals surface area contributed by atoms with Crippen molar-refractivity contribution in [1.82, 2.24) is 0 Å². The average Bonchev–Trinajstić information content (AvgIpc) is 2.04. The van der Waals surface area contributed by atoms with E-state index < -0.39 is 12.0 Å². The van der Waals surface area contributed by atoms with Crippen LogP contribution in [0.1, 0.15) is 13.8 Å². The fraction of sp³-hybridized carbons (Fsp3) is 0.444. The average molecular weight is 169 g/mol. The summed E-state index contributed by atoms with van der Waals surface area (Å²) in [5.41, 5.74) is 6.30. The molecule has 1 atom stereocenters. The second-order valence-electron chi connectivity index (χ2n) is 2.38.